The second-order valence-electron chi connectivity index (χ2n) is 5.27. The van der Waals surface area contributed by atoms with Crippen molar-refractivity contribution in [3.63, 3.8) is 0 Å². The third kappa shape index (κ3) is 3.94. The number of hydrogen-bond acceptors (Lipinski definition) is 5. The molecule has 0 aliphatic rings. The summed E-state index contributed by atoms with van der Waals surface area (Å²) < 4.78 is 0. The minimum Gasteiger partial charge on any atom is -0.332 e. The Morgan fingerprint density at radius 3 is 2.54 bits per heavy atom. The Labute approximate surface area is 154 Å². The molecule has 0 aliphatic carbocycles. The van der Waals surface area contributed by atoms with E-state index in [0.717, 1.165) is 4.88 Å². The molecule has 128 valence electrons. The third-order valence-electron chi connectivity index (χ3n) is 3.55. The molecule has 0 fully saturated rings. The predicted octanol–water partition coefficient (Wildman–Crippen LogP) is 3.39. The van der Waals surface area contributed by atoms with Gasteiger partial charge in [-0.1, -0.05) is 24.3 Å². The zero-order valence-electron chi connectivity index (χ0n) is 13.5. The van der Waals surface area contributed by atoms with Gasteiger partial charge >= 0.3 is 0 Å². The SMILES string of the molecule is N#CC(NC(=O)c1cccnc1NC(=O)c1ccccc1)c1cccs1. The maximum absolute atomic E-state index is 12.6. The number of nitriles is 1. The maximum Gasteiger partial charge on any atom is 0.256 e. The van der Waals surface area contributed by atoms with E-state index in [1.165, 1.54) is 17.5 Å². The van der Waals surface area contributed by atoms with E-state index >= 15 is 0 Å². The second kappa shape index (κ2) is 8.05. The predicted molar refractivity (Wildman–Crippen MR) is 98.8 cm³/mol. The van der Waals surface area contributed by atoms with Gasteiger partial charge in [0.2, 0.25) is 0 Å². The molecule has 1 aromatic carbocycles. The molecule has 0 radical (unpaired) electrons. The largest absolute Gasteiger partial charge is 0.332 e. The minimum absolute atomic E-state index is 0.140. The molecular formula is C19H14N4O2S. The van der Waals surface area contributed by atoms with Crippen LogP contribution < -0.4 is 10.6 Å². The topological polar surface area (TPSA) is 94.9 Å². The van der Waals surface area contributed by atoms with Crippen molar-refractivity contribution >= 4 is 29.0 Å². The molecule has 6 nitrogen and oxygen atoms in total. The van der Waals surface area contributed by atoms with Crippen LogP contribution in [0, 0.1) is 11.3 Å². The number of nitrogens with one attached hydrogen (secondary N) is 2. The molecule has 7 heteroatoms. The molecule has 0 spiro atoms. The average molecular weight is 362 g/mol. The summed E-state index contributed by atoms with van der Waals surface area (Å²) in [4.78, 5) is 29.7. The lowest BCUT2D eigenvalue weighted by Crippen LogP contribution is -2.28. The fourth-order valence-corrected chi connectivity index (χ4v) is 3.01. The van der Waals surface area contributed by atoms with E-state index in [4.69, 9.17) is 0 Å². The van der Waals surface area contributed by atoms with Gasteiger partial charge in [0.15, 0.2) is 6.04 Å². The van der Waals surface area contributed by atoms with Gasteiger partial charge in [-0.2, -0.15) is 5.26 Å². The summed E-state index contributed by atoms with van der Waals surface area (Å²) in [6.07, 6.45) is 1.48. The highest BCUT2D eigenvalue weighted by Crippen LogP contribution is 2.20. The van der Waals surface area contributed by atoms with Gasteiger partial charge in [-0.15, -0.1) is 11.3 Å². The van der Waals surface area contributed by atoms with E-state index < -0.39 is 11.9 Å². The highest BCUT2D eigenvalue weighted by Gasteiger charge is 2.20. The van der Waals surface area contributed by atoms with Crippen molar-refractivity contribution in [3.05, 3.63) is 82.2 Å². The number of carbonyl (C=O) groups is 2. The first kappa shape index (κ1) is 17.3. The lowest BCUT2D eigenvalue weighted by molar-refractivity contribution is 0.0946. The van der Waals surface area contributed by atoms with Gasteiger partial charge in [0.1, 0.15) is 5.82 Å². The van der Waals surface area contributed by atoms with Gasteiger partial charge < -0.3 is 10.6 Å². The van der Waals surface area contributed by atoms with Crippen molar-refractivity contribution in [2.75, 3.05) is 5.32 Å². The first-order valence-electron chi connectivity index (χ1n) is 7.74. The van der Waals surface area contributed by atoms with Crippen molar-refractivity contribution in [2.45, 2.75) is 6.04 Å². The highest BCUT2D eigenvalue weighted by molar-refractivity contribution is 7.10. The number of nitrogens with zero attached hydrogens (tertiary/aromatic N) is 2. The van der Waals surface area contributed by atoms with Crippen LogP contribution in [0.15, 0.2) is 66.2 Å². The van der Waals surface area contributed by atoms with Gasteiger partial charge in [-0.3, -0.25) is 9.59 Å². The molecule has 3 rings (SSSR count). The molecule has 0 aliphatic heterocycles. The van der Waals surface area contributed by atoms with Crippen molar-refractivity contribution in [2.24, 2.45) is 0 Å². The summed E-state index contributed by atoms with van der Waals surface area (Å²) in [5.41, 5.74) is 0.645. The number of carbonyl (C=O) groups excluding carboxylic acids is 2. The quantitative estimate of drug-likeness (QED) is 0.727. The van der Waals surface area contributed by atoms with Gasteiger partial charge in [-0.05, 0) is 35.7 Å². The van der Waals surface area contributed by atoms with Gasteiger partial charge in [-0.25, -0.2) is 4.98 Å². The molecule has 2 N–H and O–H groups in total. The molecule has 26 heavy (non-hydrogen) atoms. The van der Waals surface area contributed by atoms with Gasteiger partial charge in [0.05, 0.1) is 11.6 Å². The summed E-state index contributed by atoms with van der Waals surface area (Å²) in [5.74, 6) is -0.712. The van der Waals surface area contributed by atoms with Crippen LogP contribution >= 0.6 is 11.3 Å². The minimum atomic E-state index is -0.764. The zero-order chi connectivity index (χ0) is 18.4. The maximum atomic E-state index is 12.6. The molecular weight excluding hydrogens is 348 g/mol. The second-order valence-corrected chi connectivity index (χ2v) is 6.25. The highest BCUT2D eigenvalue weighted by atomic mass is 32.1. The Morgan fingerprint density at radius 1 is 1.04 bits per heavy atom. The molecule has 1 unspecified atom stereocenters. The number of hydrogen-bond donors (Lipinski definition) is 2. The number of thiophene rings is 1. The Kier molecular flexibility index (Phi) is 5.37. The van der Waals surface area contributed by atoms with Crippen molar-refractivity contribution < 1.29 is 9.59 Å². The average Bonchev–Trinajstić information content (AvgIpc) is 3.21. The summed E-state index contributed by atoms with van der Waals surface area (Å²) in [6.45, 7) is 0. The Bertz CT molecular complexity index is 949. The first-order chi connectivity index (χ1) is 12.7. The fraction of sp³-hybridized carbons (Fsp3) is 0.0526. The smallest absolute Gasteiger partial charge is 0.256 e. The molecule has 0 saturated carbocycles. The van der Waals surface area contributed by atoms with Crippen LogP contribution in [-0.4, -0.2) is 16.8 Å². The van der Waals surface area contributed by atoms with Crippen LogP contribution in [0.3, 0.4) is 0 Å². The number of pyridine rings is 1. The third-order valence-corrected chi connectivity index (χ3v) is 4.49. The normalized spacial score (nSPS) is 11.2. The number of aromatic nitrogens is 1. The van der Waals surface area contributed by atoms with Crippen molar-refractivity contribution in [1.29, 1.82) is 5.26 Å². The van der Waals surface area contributed by atoms with E-state index in [2.05, 4.69) is 21.7 Å². The summed E-state index contributed by atoms with van der Waals surface area (Å²) in [6, 6.07) is 16.7. The number of anilines is 1. The monoisotopic (exact) mass is 362 g/mol. The van der Waals surface area contributed by atoms with E-state index in [1.54, 1.807) is 42.5 Å². The van der Waals surface area contributed by atoms with Crippen molar-refractivity contribution in [1.82, 2.24) is 10.3 Å². The van der Waals surface area contributed by atoms with Crippen LogP contribution in [-0.2, 0) is 0 Å². The van der Waals surface area contributed by atoms with E-state index in [1.807, 2.05) is 17.5 Å². The van der Waals surface area contributed by atoms with Gasteiger partial charge in [0, 0.05) is 16.6 Å². The summed E-state index contributed by atoms with van der Waals surface area (Å²) in [7, 11) is 0. The Hall–Kier alpha value is -3.50. The first-order valence-corrected chi connectivity index (χ1v) is 8.62. The Morgan fingerprint density at radius 2 is 1.85 bits per heavy atom. The lowest BCUT2D eigenvalue weighted by atomic mass is 10.2. The molecule has 3 aromatic rings. The van der Waals surface area contributed by atoms with Crippen LogP contribution in [0.2, 0.25) is 0 Å². The van der Waals surface area contributed by atoms with Crippen LogP contribution in [0.1, 0.15) is 31.6 Å². The molecule has 0 saturated heterocycles. The Balaban J connectivity index is 1.79. The van der Waals surface area contributed by atoms with Crippen LogP contribution in [0.4, 0.5) is 5.82 Å². The van der Waals surface area contributed by atoms with Crippen LogP contribution in [0.25, 0.3) is 0 Å². The fourth-order valence-electron chi connectivity index (χ4n) is 2.29. The van der Waals surface area contributed by atoms with Gasteiger partial charge in [0.25, 0.3) is 11.8 Å². The molecule has 2 amide bonds. The standard InChI is InChI=1S/C19H14N4O2S/c20-12-15(16-9-5-11-26-16)22-19(25)14-8-4-10-21-17(14)23-18(24)13-6-2-1-3-7-13/h1-11,15H,(H,22,25)(H,21,23,24). The molecule has 0 bridgehead atoms. The zero-order valence-corrected chi connectivity index (χ0v) is 14.4. The number of amides is 2. The molecule has 2 aromatic heterocycles. The molecule has 1 atom stereocenters. The number of benzene rings is 1. The van der Waals surface area contributed by atoms with E-state index in [0.29, 0.717) is 5.56 Å². The summed E-state index contributed by atoms with van der Waals surface area (Å²) >= 11 is 1.38. The van der Waals surface area contributed by atoms with Crippen molar-refractivity contribution in [3.8, 4) is 6.07 Å². The summed E-state index contributed by atoms with van der Waals surface area (Å²) in [5, 5.41) is 16.4. The van der Waals surface area contributed by atoms with Crippen LogP contribution in [0.5, 0.6) is 0 Å². The molecule has 2 heterocycles. The number of rotatable bonds is 5. The van der Waals surface area contributed by atoms with E-state index in [9.17, 15) is 14.9 Å². The van der Waals surface area contributed by atoms with E-state index in [-0.39, 0.29) is 17.3 Å². The lowest BCUT2D eigenvalue weighted by Gasteiger charge is -2.13.